The zero-order valence-electron chi connectivity index (χ0n) is 15.8. The van der Waals surface area contributed by atoms with Crippen molar-refractivity contribution < 1.29 is 9.90 Å². The molecule has 0 fully saturated rings. The van der Waals surface area contributed by atoms with Crippen molar-refractivity contribution in [3.05, 3.63) is 41.9 Å². The third-order valence-electron chi connectivity index (χ3n) is 5.58. The molecule has 0 saturated carbocycles. The second kappa shape index (κ2) is 9.65. The van der Waals surface area contributed by atoms with E-state index in [9.17, 15) is 4.79 Å². The van der Waals surface area contributed by atoms with E-state index in [1.54, 1.807) is 0 Å². The molecule has 0 amide bonds. The molecule has 1 aromatic rings. The van der Waals surface area contributed by atoms with Gasteiger partial charge in [0.05, 0.1) is 6.67 Å². The van der Waals surface area contributed by atoms with Gasteiger partial charge in [0, 0.05) is 30.1 Å². The van der Waals surface area contributed by atoms with Crippen LogP contribution in [0, 0.1) is 0 Å². The van der Waals surface area contributed by atoms with Gasteiger partial charge in [-0.1, -0.05) is 57.4 Å². The summed E-state index contributed by atoms with van der Waals surface area (Å²) < 4.78 is 2.32. The van der Waals surface area contributed by atoms with Gasteiger partial charge in [-0.15, -0.1) is 0 Å². The fraction of sp³-hybridized carbons (Fsp3) is 0.591. The Morgan fingerprint density at radius 2 is 1.73 bits per heavy atom. The standard InChI is InChI=1S/C22H32N2O2/c25-22(26)13-9-7-5-3-1-2-4-6-8-11-19-14-15-21-17-20-12-10-16-23(20)18-24(19)21/h10,12,14-17,19H,1-9,11,13,18H2,(H,25,26). The highest BCUT2D eigenvalue weighted by atomic mass is 16.4. The number of carboxylic acid groups (broad SMARTS) is 1. The van der Waals surface area contributed by atoms with Crippen molar-refractivity contribution in [1.29, 1.82) is 0 Å². The number of carbonyl (C=O) groups is 1. The first-order valence-electron chi connectivity index (χ1n) is 10.3. The minimum atomic E-state index is -0.664. The van der Waals surface area contributed by atoms with Gasteiger partial charge in [0.1, 0.15) is 0 Å². The first kappa shape index (κ1) is 18.8. The zero-order valence-corrected chi connectivity index (χ0v) is 15.8. The third-order valence-corrected chi connectivity index (χ3v) is 5.58. The topological polar surface area (TPSA) is 45.5 Å². The predicted molar refractivity (Wildman–Crippen MR) is 106 cm³/mol. The number of carboxylic acids is 1. The Morgan fingerprint density at radius 3 is 2.46 bits per heavy atom. The van der Waals surface area contributed by atoms with E-state index in [1.807, 2.05) is 0 Å². The molecule has 0 aromatic carbocycles. The smallest absolute Gasteiger partial charge is 0.303 e. The van der Waals surface area contributed by atoms with Crippen molar-refractivity contribution >= 4 is 12.0 Å². The summed E-state index contributed by atoms with van der Waals surface area (Å²) in [6, 6.07) is 4.86. The van der Waals surface area contributed by atoms with Gasteiger partial charge < -0.3 is 14.6 Å². The zero-order chi connectivity index (χ0) is 18.2. The van der Waals surface area contributed by atoms with Crippen LogP contribution in [-0.2, 0) is 11.5 Å². The molecule has 4 heteroatoms. The summed E-state index contributed by atoms with van der Waals surface area (Å²) >= 11 is 0. The number of nitrogens with zero attached hydrogens (tertiary/aromatic N) is 2. The molecule has 0 radical (unpaired) electrons. The average molecular weight is 357 g/mol. The van der Waals surface area contributed by atoms with Crippen LogP contribution >= 0.6 is 0 Å². The highest BCUT2D eigenvalue weighted by Crippen LogP contribution is 2.30. The van der Waals surface area contributed by atoms with Crippen LogP contribution < -0.4 is 0 Å². The first-order chi connectivity index (χ1) is 12.7. The number of hydrogen-bond acceptors (Lipinski definition) is 2. The molecule has 26 heavy (non-hydrogen) atoms. The van der Waals surface area contributed by atoms with Crippen molar-refractivity contribution in [2.75, 3.05) is 0 Å². The molecule has 1 N–H and O–H groups in total. The molecular formula is C22H32N2O2. The molecule has 0 spiro atoms. The monoisotopic (exact) mass is 356 g/mol. The number of unbranched alkanes of at least 4 members (excludes halogenated alkanes) is 8. The van der Waals surface area contributed by atoms with Crippen molar-refractivity contribution in [3.8, 4) is 0 Å². The first-order valence-corrected chi connectivity index (χ1v) is 10.3. The maximum absolute atomic E-state index is 10.4. The van der Waals surface area contributed by atoms with Crippen molar-refractivity contribution in [3.63, 3.8) is 0 Å². The van der Waals surface area contributed by atoms with Crippen LogP contribution in [0.1, 0.15) is 76.3 Å². The van der Waals surface area contributed by atoms with E-state index < -0.39 is 5.97 Å². The Bertz CT molecular complexity index is 644. The lowest BCUT2D eigenvalue weighted by molar-refractivity contribution is -0.137. The Labute approximate surface area is 157 Å². The summed E-state index contributed by atoms with van der Waals surface area (Å²) in [7, 11) is 0. The average Bonchev–Trinajstić information content (AvgIpc) is 3.23. The van der Waals surface area contributed by atoms with E-state index in [-0.39, 0.29) is 0 Å². The van der Waals surface area contributed by atoms with E-state index >= 15 is 0 Å². The third kappa shape index (κ3) is 5.26. The molecule has 4 nitrogen and oxygen atoms in total. The van der Waals surface area contributed by atoms with E-state index in [1.165, 1.54) is 62.8 Å². The van der Waals surface area contributed by atoms with E-state index in [4.69, 9.17) is 5.11 Å². The minimum absolute atomic E-state index is 0.329. The van der Waals surface area contributed by atoms with Crippen LogP contribution in [-0.4, -0.2) is 26.6 Å². The molecular weight excluding hydrogens is 324 g/mol. The van der Waals surface area contributed by atoms with Crippen LogP contribution in [0.5, 0.6) is 0 Å². The lowest BCUT2D eigenvalue weighted by atomic mass is 10.0. The van der Waals surface area contributed by atoms with Gasteiger partial charge in [0.25, 0.3) is 0 Å². The molecule has 3 heterocycles. The van der Waals surface area contributed by atoms with Gasteiger partial charge in [-0.3, -0.25) is 4.79 Å². The second-order valence-electron chi connectivity index (χ2n) is 7.62. The maximum atomic E-state index is 10.4. The number of allylic oxidation sites excluding steroid dienone is 1. The Kier molecular flexibility index (Phi) is 6.98. The predicted octanol–water partition coefficient (Wildman–Crippen LogP) is 5.42. The SMILES string of the molecule is O=C(O)CCCCCCCCCCCC1C=CC2=Cc3cccn3CN21. The lowest BCUT2D eigenvalue weighted by Gasteiger charge is -2.32. The molecule has 142 valence electrons. The van der Waals surface area contributed by atoms with E-state index in [0.717, 1.165) is 19.5 Å². The van der Waals surface area contributed by atoms with Gasteiger partial charge >= 0.3 is 5.97 Å². The summed E-state index contributed by atoms with van der Waals surface area (Å²) in [6.45, 7) is 0.980. The highest BCUT2D eigenvalue weighted by molar-refractivity contribution is 5.66. The number of hydrogen-bond donors (Lipinski definition) is 1. The van der Waals surface area contributed by atoms with Gasteiger partial charge in [-0.2, -0.15) is 0 Å². The molecule has 0 aliphatic carbocycles. The van der Waals surface area contributed by atoms with Crippen molar-refractivity contribution in [1.82, 2.24) is 9.47 Å². The molecule has 1 unspecified atom stereocenters. The van der Waals surface area contributed by atoms with Crippen molar-refractivity contribution in [2.24, 2.45) is 0 Å². The van der Waals surface area contributed by atoms with Crippen LogP contribution in [0.2, 0.25) is 0 Å². The van der Waals surface area contributed by atoms with Gasteiger partial charge in [0.2, 0.25) is 0 Å². The van der Waals surface area contributed by atoms with Crippen LogP contribution in [0.25, 0.3) is 6.08 Å². The quantitative estimate of drug-likeness (QED) is 0.509. The summed E-state index contributed by atoms with van der Waals surface area (Å²) in [4.78, 5) is 13.0. The Morgan fingerprint density at radius 1 is 1.04 bits per heavy atom. The summed E-state index contributed by atoms with van der Waals surface area (Å²) in [5.41, 5.74) is 2.67. The van der Waals surface area contributed by atoms with Crippen LogP contribution in [0.15, 0.2) is 36.2 Å². The fourth-order valence-electron chi connectivity index (χ4n) is 4.04. The largest absolute Gasteiger partial charge is 0.481 e. The molecule has 2 aliphatic heterocycles. The molecule has 3 rings (SSSR count). The fourth-order valence-corrected chi connectivity index (χ4v) is 4.04. The Hall–Kier alpha value is -1.97. The van der Waals surface area contributed by atoms with Gasteiger partial charge in [0.15, 0.2) is 0 Å². The number of fused-ring (bicyclic) bond motifs is 2. The van der Waals surface area contributed by atoms with Gasteiger partial charge in [-0.25, -0.2) is 0 Å². The summed E-state index contributed by atoms with van der Waals surface area (Å²) in [5.74, 6) is -0.664. The number of aromatic nitrogens is 1. The molecule has 1 aromatic heterocycles. The molecule has 2 aliphatic rings. The second-order valence-corrected chi connectivity index (χ2v) is 7.62. The number of aliphatic carboxylic acids is 1. The van der Waals surface area contributed by atoms with Crippen molar-refractivity contribution in [2.45, 2.75) is 83.3 Å². The molecule has 0 bridgehead atoms. The normalized spacial score (nSPS) is 17.9. The van der Waals surface area contributed by atoms with E-state index in [0.29, 0.717) is 12.5 Å². The molecule has 0 saturated heterocycles. The highest BCUT2D eigenvalue weighted by Gasteiger charge is 2.25. The minimum Gasteiger partial charge on any atom is -0.481 e. The lowest BCUT2D eigenvalue weighted by Crippen LogP contribution is -2.33. The van der Waals surface area contributed by atoms with Crippen LogP contribution in [0.3, 0.4) is 0 Å². The van der Waals surface area contributed by atoms with Crippen LogP contribution in [0.4, 0.5) is 0 Å². The maximum Gasteiger partial charge on any atom is 0.303 e. The van der Waals surface area contributed by atoms with E-state index in [2.05, 4.69) is 46.0 Å². The number of rotatable bonds is 12. The molecule has 1 atom stereocenters. The Balaban J connectivity index is 1.21. The summed E-state index contributed by atoms with van der Waals surface area (Å²) in [6.07, 6.45) is 21.6. The van der Waals surface area contributed by atoms with Gasteiger partial charge in [-0.05, 0) is 37.1 Å². The summed E-state index contributed by atoms with van der Waals surface area (Å²) in [5, 5.41) is 8.60.